The number of rotatable bonds is 3. The lowest BCUT2D eigenvalue weighted by Crippen LogP contribution is -2.38. The number of ether oxygens (including phenoxy) is 1. The third-order valence-corrected chi connectivity index (χ3v) is 6.92. The first kappa shape index (κ1) is 17.9. The van der Waals surface area contributed by atoms with Crippen LogP contribution in [-0.2, 0) is 9.53 Å². The Kier molecular flexibility index (Phi) is 4.67. The highest BCUT2D eigenvalue weighted by atomic mass is 16.5. The summed E-state index contributed by atoms with van der Waals surface area (Å²) in [5.74, 6) is 1.92. The predicted octanol–water partition coefficient (Wildman–Crippen LogP) is 3.65. The van der Waals surface area contributed by atoms with Gasteiger partial charge in [0, 0.05) is 43.2 Å². The van der Waals surface area contributed by atoms with Gasteiger partial charge in [-0.15, -0.1) is 0 Å². The lowest BCUT2D eigenvalue weighted by atomic mass is 9.72. The Hall–Kier alpha value is -2.21. The fraction of sp³-hybridized carbons (Fsp3) is 0.591. The highest BCUT2D eigenvalue weighted by Gasteiger charge is 2.52. The van der Waals surface area contributed by atoms with Gasteiger partial charge in [-0.05, 0) is 25.7 Å². The summed E-state index contributed by atoms with van der Waals surface area (Å²) in [6.45, 7) is 2.95. The molecule has 5 rings (SSSR count). The Labute approximate surface area is 165 Å². The maximum absolute atomic E-state index is 13.1. The van der Waals surface area contributed by atoms with E-state index in [1.807, 2.05) is 30.3 Å². The number of hydrogen-bond acceptors (Lipinski definition) is 5. The average Bonchev–Trinajstić information content (AvgIpc) is 3.49. The van der Waals surface area contributed by atoms with E-state index in [1.54, 1.807) is 0 Å². The molecule has 6 nitrogen and oxygen atoms in total. The van der Waals surface area contributed by atoms with Crippen molar-refractivity contribution in [3.63, 3.8) is 0 Å². The van der Waals surface area contributed by atoms with Crippen molar-refractivity contribution in [3.8, 4) is 11.4 Å². The third kappa shape index (κ3) is 3.13. The summed E-state index contributed by atoms with van der Waals surface area (Å²) in [4.78, 5) is 19.9. The fourth-order valence-electron chi connectivity index (χ4n) is 5.27. The summed E-state index contributed by atoms with van der Waals surface area (Å²) in [6.07, 6.45) is 6.31. The summed E-state index contributed by atoms with van der Waals surface area (Å²) in [6, 6.07) is 9.91. The van der Waals surface area contributed by atoms with Crippen LogP contribution < -0.4 is 0 Å². The number of carbonyl (C=O) groups is 1. The quantitative estimate of drug-likeness (QED) is 0.812. The van der Waals surface area contributed by atoms with Crippen molar-refractivity contribution in [2.75, 3.05) is 26.3 Å². The predicted molar refractivity (Wildman–Crippen MR) is 103 cm³/mol. The molecule has 0 unspecified atom stereocenters. The smallest absolute Gasteiger partial charge is 0.232 e. The van der Waals surface area contributed by atoms with E-state index in [4.69, 9.17) is 14.2 Å². The Morgan fingerprint density at radius 1 is 1.11 bits per heavy atom. The molecule has 2 aromatic rings. The van der Waals surface area contributed by atoms with Crippen LogP contribution in [0.3, 0.4) is 0 Å². The van der Waals surface area contributed by atoms with Crippen molar-refractivity contribution in [1.82, 2.24) is 15.0 Å². The van der Waals surface area contributed by atoms with E-state index in [-0.39, 0.29) is 17.3 Å². The van der Waals surface area contributed by atoms with Crippen LogP contribution in [0.15, 0.2) is 34.9 Å². The molecule has 1 amide bonds. The van der Waals surface area contributed by atoms with Gasteiger partial charge in [0.15, 0.2) is 0 Å². The Morgan fingerprint density at radius 2 is 1.86 bits per heavy atom. The highest BCUT2D eigenvalue weighted by Crippen LogP contribution is 2.50. The van der Waals surface area contributed by atoms with E-state index in [0.29, 0.717) is 24.2 Å². The van der Waals surface area contributed by atoms with Crippen LogP contribution >= 0.6 is 0 Å². The van der Waals surface area contributed by atoms with E-state index in [9.17, 15) is 4.79 Å². The molecule has 6 heteroatoms. The minimum atomic E-state index is -0.00694. The summed E-state index contributed by atoms with van der Waals surface area (Å²) >= 11 is 0. The standard InChI is InChI=1S/C22H27N3O3/c26-21(17-8-4-5-9-17)25-14-18(22(15-25)10-12-27-13-11-22)20-23-19(24-28-20)16-6-2-1-3-7-16/h1-3,6-7,17-18H,4-5,8-15H2/t18-/m1/s1. The summed E-state index contributed by atoms with van der Waals surface area (Å²) in [7, 11) is 0. The number of aromatic nitrogens is 2. The van der Waals surface area contributed by atoms with Crippen LogP contribution in [0.2, 0.25) is 0 Å². The number of carbonyl (C=O) groups excluding carboxylic acids is 1. The van der Waals surface area contributed by atoms with Crippen LogP contribution in [0.5, 0.6) is 0 Å². The molecule has 0 radical (unpaired) electrons. The zero-order chi connectivity index (χ0) is 19.0. The number of hydrogen-bond donors (Lipinski definition) is 0. The lowest BCUT2D eigenvalue weighted by Gasteiger charge is -2.36. The summed E-state index contributed by atoms with van der Waals surface area (Å²) in [5.41, 5.74) is 0.947. The van der Waals surface area contributed by atoms with Gasteiger partial charge >= 0.3 is 0 Å². The molecule has 3 heterocycles. The minimum Gasteiger partial charge on any atom is -0.381 e. The largest absolute Gasteiger partial charge is 0.381 e. The van der Waals surface area contributed by atoms with E-state index in [0.717, 1.165) is 51.0 Å². The first-order chi connectivity index (χ1) is 13.8. The maximum Gasteiger partial charge on any atom is 0.232 e. The molecular weight excluding hydrogens is 354 g/mol. The Morgan fingerprint density at radius 3 is 2.61 bits per heavy atom. The molecule has 1 aromatic carbocycles. The van der Waals surface area contributed by atoms with Crippen LogP contribution in [0, 0.1) is 11.3 Å². The fourth-order valence-corrected chi connectivity index (χ4v) is 5.27. The van der Waals surface area contributed by atoms with Crippen molar-refractivity contribution in [1.29, 1.82) is 0 Å². The molecule has 0 N–H and O–H groups in total. The summed E-state index contributed by atoms with van der Waals surface area (Å²) in [5, 5.41) is 4.24. The molecule has 1 aromatic heterocycles. The highest BCUT2D eigenvalue weighted by molar-refractivity contribution is 5.79. The second kappa shape index (κ2) is 7.32. The third-order valence-electron chi connectivity index (χ3n) is 6.92. The van der Waals surface area contributed by atoms with Crippen LogP contribution in [0.1, 0.15) is 50.3 Å². The summed E-state index contributed by atoms with van der Waals surface area (Å²) < 4.78 is 11.4. The van der Waals surface area contributed by atoms with E-state index in [1.165, 1.54) is 12.8 Å². The van der Waals surface area contributed by atoms with Crippen LogP contribution in [0.25, 0.3) is 11.4 Å². The van der Waals surface area contributed by atoms with Crippen molar-refractivity contribution in [2.24, 2.45) is 11.3 Å². The monoisotopic (exact) mass is 381 g/mol. The first-order valence-corrected chi connectivity index (χ1v) is 10.5. The van der Waals surface area contributed by atoms with Crippen LogP contribution in [-0.4, -0.2) is 47.3 Å². The van der Waals surface area contributed by atoms with Crippen LogP contribution in [0.4, 0.5) is 0 Å². The second-order valence-electron chi connectivity index (χ2n) is 8.55. The molecule has 3 aliphatic rings. The molecule has 1 saturated carbocycles. The van der Waals surface area contributed by atoms with Gasteiger partial charge in [0.25, 0.3) is 0 Å². The SMILES string of the molecule is O=C(C1CCCC1)N1C[C@H](c2nc(-c3ccccc3)no2)C2(CCOCC2)C1. The number of likely N-dealkylation sites (tertiary alicyclic amines) is 1. The van der Waals surface area contributed by atoms with Gasteiger partial charge in [0.2, 0.25) is 17.6 Å². The number of amides is 1. The Bertz CT molecular complexity index is 823. The molecule has 1 spiro atoms. The lowest BCUT2D eigenvalue weighted by molar-refractivity contribution is -0.135. The number of benzene rings is 1. The van der Waals surface area contributed by atoms with Gasteiger partial charge in [-0.2, -0.15) is 4.98 Å². The van der Waals surface area contributed by atoms with Crippen molar-refractivity contribution in [2.45, 2.75) is 44.4 Å². The van der Waals surface area contributed by atoms with Crippen molar-refractivity contribution >= 4 is 5.91 Å². The number of nitrogens with zero attached hydrogens (tertiary/aromatic N) is 3. The van der Waals surface area contributed by atoms with Gasteiger partial charge in [-0.3, -0.25) is 4.79 Å². The van der Waals surface area contributed by atoms with Gasteiger partial charge in [0.05, 0.1) is 5.92 Å². The van der Waals surface area contributed by atoms with Gasteiger partial charge in [0.1, 0.15) is 0 Å². The maximum atomic E-state index is 13.1. The molecule has 148 valence electrons. The average molecular weight is 381 g/mol. The van der Waals surface area contributed by atoms with Gasteiger partial charge < -0.3 is 14.2 Å². The van der Waals surface area contributed by atoms with E-state index < -0.39 is 0 Å². The zero-order valence-corrected chi connectivity index (χ0v) is 16.2. The molecule has 2 saturated heterocycles. The second-order valence-corrected chi connectivity index (χ2v) is 8.55. The molecule has 3 fully saturated rings. The molecule has 28 heavy (non-hydrogen) atoms. The molecular formula is C22H27N3O3. The van der Waals surface area contributed by atoms with Crippen molar-refractivity contribution in [3.05, 3.63) is 36.2 Å². The van der Waals surface area contributed by atoms with Gasteiger partial charge in [-0.25, -0.2) is 0 Å². The molecule has 1 atom stereocenters. The molecule has 0 bridgehead atoms. The van der Waals surface area contributed by atoms with E-state index >= 15 is 0 Å². The van der Waals surface area contributed by atoms with Crippen molar-refractivity contribution < 1.29 is 14.1 Å². The topological polar surface area (TPSA) is 68.5 Å². The molecule has 2 aliphatic heterocycles. The Balaban J connectivity index is 1.43. The van der Waals surface area contributed by atoms with Gasteiger partial charge in [-0.1, -0.05) is 48.3 Å². The van der Waals surface area contributed by atoms with E-state index in [2.05, 4.69) is 10.1 Å². The minimum absolute atomic E-state index is 0.00694. The normalized spacial score (nSPS) is 24.9. The first-order valence-electron chi connectivity index (χ1n) is 10.5. The zero-order valence-electron chi connectivity index (χ0n) is 16.2. The molecule has 1 aliphatic carbocycles.